The Balaban J connectivity index is 1.51. The second-order valence-electron chi connectivity index (χ2n) is 10.5. The number of hydrogen-bond acceptors (Lipinski definition) is 10. The molecular weight excluding hydrogens is 569 g/mol. The number of benzene rings is 2. The van der Waals surface area contributed by atoms with E-state index in [2.05, 4.69) is 10.4 Å². The molecule has 11 nitrogen and oxygen atoms in total. The van der Waals surface area contributed by atoms with Gasteiger partial charge in [-0.25, -0.2) is 5.09 Å². The molecule has 0 bridgehead atoms. The highest BCUT2D eigenvalue weighted by atomic mass is 32.5. The number of primary amides is 1. The fourth-order valence-electron chi connectivity index (χ4n) is 4.88. The van der Waals surface area contributed by atoms with Crippen molar-refractivity contribution >= 4 is 41.1 Å². The lowest BCUT2D eigenvalue weighted by Gasteiger charge is -2.29. The van der Waals surface area contributed by atoms with Gasteiger partial charge in [-0.05, 0) is 62.8 Å². The molecule has 1 aliphatic carbocycles. The van der Waals surface area contributed by atoms with Crippen LogP contribution in [-0.2, 0) is 35.4 Å². The molecule has 2 aliphatic rings. The Hall–Kier alpha value is -2.57. The van der Waals surface area contributed by atoms with Crippen molar-refractivity contribution in [1.82, 2.24) is 10.4 Å². The Labute approximate surface area is 244 Å². The number of aliphatic hydroxyl groups is 2. The molecule has 13 heteroatoms. The Morgan fingerprint density at radius 2 is 1.93 bits per heavy atom. The molecule has 2 fully saturated rings. The number of amides is 1. The molecule has 4 rings (SSSR count). The van der Waals surface area contributed by atoms with Crippen LogP contribution in [0.2, 0.25) is 0 Å². The van der Waals surface area contributed by atoms with Crippen LogP contribution >= 0.6 is 6.64 Å². The van der Waals surface area contributed by atoms with E-state index in [1.165, 1.54) is 13.1 Å². The van der Waals surface area contributed by atoms with Crippen LogP contribution in [0.5, 0.6) is 5.75 Å². The van der Waals surface area contributed by atoms with Crippen LogP contribution in [0.1, 0.15) is 46.0 Å². The van der Waals surface area contributed by atoms with Gasteiger partial charge in [0.05, 0.1) is 6.61 Å². The summed E-state index contributed by atoms with van der Waals surface area (Å²) in [6.07, 6.45) is 3.52. The minimum atomic E-state index is -3.47. The third kappa shape index (κ3) is 8.04. The number of aliphatic hydroxyl groups excluding tert-OH is 1. The van der Waals surface area contributed by atoms with E-state index in [4.69, 9.17) is 36.1 Å². The Bertz CT molecular complexity index is 1300. The van der Waals surface area contributed by atoms with Gasteiger partial charge in [-0.2, -0.15) is 0 Å². The first-order chi connectivity index (χ1) is 19.5. The highest BCUT2D eigenvalue weighted by molar-refractivity contribution is 8.09. The summed E-state index contributed by atoms with van der Waals surface area (Å²) in [7, 11) is 0. The van der Waals surface area contributed by atoms with Crippen molar-refractivity contribution in [2.24, 2.45) is 5.73 Å². The van der Waals surface area contributed by atoms with Crippen LogP contribution in [0.15, 0.2) is 54.7 Å². The molecule has 2 aromatic rings. The summed E-state index contributed by atoms with van der Waals surface area (Å²) >= 11 is 5.88. The van der Waals surface area contributed by atoms with Crippen LogP contribution in [-0.4, -0.2) is 64.9 Å². The number of nitrogens with two attached hydrogens (primary N) is 1. The van der Waals surface area contributed by atoms with Crippen molar-refractivity contribution in [3.05, 3.63) is 54.7 Å². The van der Waals surface area contributed by atoms with Gasteiger partial charge in [0.15, 0.2) is 6.23 Å². The molecular formula is C28H38N3O8PS. The van der Waals surface area contributed by atoms with Crippen LogP contribution < -0.4 is 20.7 Å². The molecule has 0 aromatic heterocycles. The van der Waals surface area contributed by atoms with Crippen LogP contribution in [0.25, 0.3) is 10.8 Å². The molecule has 1 aliphatic heterocycles. The Morgan fingerprint density at radius 1 is 1.22 bits per heavy atom. The van der Waals surface area contributed by atoms with E-state index in [-0.39, 0.29) is 12.7 Å². The monoisotopic (exact) mass is 607 g/mol. The maximum atomic E-state index is 13.0. The highest BCUT2D eigenvalue weighted by Gasteiger charge is 2.52. The van der Waals surface area contributed by atoms with Crippen LogP contribution in [0.3, 0.4) is 0 Å². The van der Waals surface area contributed by atoms with E-state index in [0.29, 0.717) is 5.75 Å². The summed E-state index contributed by atoms with van der Waals surface area (Å²) in [6, 6.07) is 12.3. The largest absolute Gasteiger partial charge is 0.461 e. The van der Waals surface area contributed by atoms with Crippen molar-refractivity contribution in [2.75, 3.05) is 6.61 Å². The molecule has 6 atom stereocenters. The Morgan fingerprint density at radius 3 is 2.66 bits per heavy atom. The van der Waals surface area contributed by atoms with Gasteiger partial charge >= 0.3 is 12.6 Å². The van der Waals surface area contributed by atoms with E-state index in [0.717, 1.165) is 49.0 Å². The average Bonchev–Trinajstić information content (AvgIpc) is 3.15. The van der Waals surface area contributed by atoms with Gasteiger partial charge in [-0.3, -0.25) is 9.59 Å². The number of fused-ring (bicyclic) bond motifs is 1. The summed E-state index contributed by atoms with van der Waals surface area (Å²) < 4.78 is 23.9. The zero-order chi connectivity index (χ0) is 29.6. The number of rotatable bonds is 12. The molecule has 1 heterocycles. The highest BCUT2D eigenvalue weighted by Crippen LogP contribution is 2.48. The number of carbonyl (C=O) groups is 2. The maximum absolute atomic E-state index is 13.0. The number of nitrogens with one attached hydrogen (secondary N) is 2. The zero-order valence-electron chi connectivity index (χ0n) is 23.1. The van der Waals surface area contributed by atoms with E-state index in [1.807, 2.05) is 36.4 Å². The summed E-state index contributed by atoms with van der Waals surface area (Å²) in [5.41, 5.74) is 3.37. The predicted molar refractivity (Wildman–Crippen MR) is 157 cm³/mol. The smallest absolute Gasteiger partial charge is 0.323 e. The van der Waals surface area contributed by atoms with Gasteiger partial charge in [0.2, 0.25) is 5.91 Å². The topological polar surface area (TPSA) is 162 Å². The molecule has 41 heavy (non-hydrogen) atoms. The number of esters is 1. The molecule has 2 aromatic carbocycles. The zero-order valence-corrected chi connectivity index (χ0v) is 24.8. The predicted octanol–water partition coefficient (Wildman–Crippen LogP) is 2.74. The lowest BCUT2D eigenvalue weighted by atomic mass is 9.97. The average molecular weight is 608 g/mol. The number of hydrogen-bond donors (Lipinski definition) is 5. The van der Waals surface area contributed by atoms with Gasteiger partial charge in [-0.1, -0.05) is 42.8 Å². The molecule has 1 unspecified atom stereocenters. The Kier molecular flexibility index (Phi) is 10.4. The lowest BCUT2D eigenvalue weighted by molar-refractivity contribution is -0.152. The molecule has 224 valence electrons. The third-order valence-electron chi connectivity index (χ3n) is 7.21. The summed E-state index contributed by atoms with van der Waals surface area (Å²) in [4.78, 5) is 24.0. The molecule has 6 N–H and O–H groups in total. The van der Waals surface area contributed by atoms with Crippen molar-refractivity contribution in [3.63, 3.8) is 0 Å². The SMILES string of the molecule is C[C@H](NP(=S)(OC[C@H]1O[C@@H](N/C=C\C(N)=O)[C@](C)(O)[C@@H]1O)Oc1cccc2ccccc12)C(=O)OC1CCCCC1. The summed E-state index contributed by atoms with van der Waals surface area (Å²) in [5, 5.41) is 29.1. The van der Waals surface area contributed by atoms with Crippen LogP contribution in [0.4, 0.5) is 0 Å². The summed E-state index contributed by atoms with van der Waals surface area (Å²) in [5.74, 6) is -0.686. The standard InChI is InChI=1S/C28H38N3O8PS/c1-18(26(34)37-20-11-4-3-5-12-20)31-40(41,39-22-14-8-10-19-9-6-7-13-21(19)22)36-17-23-25(33)28(2,35)27(38-23)30-16-15-24(29)32/h6-10,13-16,18,20,23,25,27,30,33,35H,3-5,11-12,17H2,1-2H3,(H2,29,32)(H,31,41)/b16-15-/t18-,23+,25+,27+,28+,40?/m0/s1. The first-order valence-corrected chi connectivity index (χ1v) is 16.3. The second kappa shape index (κ2) is 13.6. The van der Waals surface area contributed by atoms with E-state index >= 15 is 0 Å². The second-order valence-corrected chi connectivity index (χ2v) is 13.7. The van der Waals surface area contributed by atoms with E-state index in [1.54, 1.807) is 13.0 Å². The molecule has 0 spiro atoms. The molecule has 1 amide bonds. The number of ether oxygens (including phenoxy) is 2. The third-order valence-corrected chi connectivity index (χ3v) is 9.69. The fourth-order valence-corrected chi connectivity index (χ4v) is 7.30. The van der Waals surface area contributed by atoms with E-state index < -0.39 is 48.6 Å². The van der Waals surface area contributed by atoms with Crippen LogP contribution in [0, 0.1) is 0 Å². The normalized spacial score (nSPS) is 27.4. The van der Waals surface area contributed by atoms with Crippen molar-refractivity contribution in [1.29, 1.82) is 0 Å². The summed E-state index contributed by atoms with van der Waals surface area (Å²) in [6.45, 7) is -0.715. The molecule has 1 saturated heterocycles. The van der Waals surface area contributed by atoms with Crippen molar-refractivity contribution in [2.45, 2.75) is 82.1 Å². The van der Waals surface area contributed by atoms with Gasteiger partial charge in [-0.15, -0.1) is 0 Å². The van der Waals surface area contributed by atoms with Gasteiger partial charge in [0, 0.05) is 17.7 Å². The lowest BCUT2D eigenvalue weighted by Crippen LogP contribution is -2.50. The first-order valence-electron chi connectivity index (χ1n) is 13.7. The molecule has 1 saturated carbocycles. The minimum Gasteiger partial charge on any atom is -0.461 e. The van der Waals surface area contributed by atoms with Crippen molar-refractivity contribution in [3.8, 4) is 5.75 Å². The van der Waals surface area contributed by atoms with Gasteiger partial charge < -0.3 is 39.8 Å². The van der Waals surface area contributed by atoms with Gasteiger partial charge in [0.25, 0.3) is 0 Å². The number of carbonyl (C=O) groups excluding carboxylic acids is 2. The quantitative estimate of drug-likeness (QED) is 0.137. The van der Waals surface area contributed by atoms with Gasteiger partial charge in [0.1, 0.15) is 35.7 Å². The minimum absolute atomic E-state index is 0.129. The van der Waals surface area contributed by atoms with E-state index in [9.17, 15) is 19.8 Å². The maximum Gasteiger partial charge on any atom is 0.323 e. The fraction of sp³-hybridized carbons (Fsp3) is 0.500. The molecule has 0 radical (unpaired) electrons. The first kappa shape index (κ1) is 31.4. The van der Waals surface area contributed by atoms with Crippen molar-refractivity contribution < 1.29 is 38.3 Å².